The van der Waals surface area contributed by atoms with Crippen LogP contribution < -0.4 is 5.56 Å². The molecular formula is C18H21FN2O4S. The molecule has 1 aromatic heterocycles. The van der Waals surface area contributed by atoms with Gasteiger partial charge in [0.15, 0.2) is 9.84 Å². The molecule has 0 saturated carbocycles. The van der Waals surface area contributed by atoms with Crippen LogP contribution in [-0.2, 0) is 21.1 Å². The van der Waals surface area contributed by atoms with E-state index < -0.39 is 15.7 Å². The summed E-state index contributed by atoms with van der Waals surface area (Å²) in [7, 11) is -3.07. The Morgan fingerprint density at radius 2 is 2.12 bits per heavy atom. The first kappa shape index (κ1) is 18.6. The molecule has 1 N–H and O–H groups in total. The number of pyridine rings is 1. The highest BCUT2D eigenvalue weighted by Crippen LogP contribution is 2.19. The lowest BCUT2D eigenvalue weighted by Gasteiger charge is -2.26. The molecule has 3 rings (SSSR count). The molecule has 8 heteroatoms. The van der Waals surface area contributed by atoms with Crippen LogP contribution in [0.1, 0.15) is 25.3 Å². The number of aromatic amines is 1. The van der Waals surface area contributed by atoms with Crippen molar-refractivity contribution in [1.82, 2.24) is 9.88 Å². The summed E-state index contributed by atoms with van der Waals surface area (Å²) < 4.78 is 36.5. The maximum atomic E-state index is 13.2. The summed E-state index contributed by atoms with van der Waals surface area (Å²) in [5, 5.41) is 0.697. The molecule has 6 nitrogen and oxygen atoms in total. The predicted octanol–water partition coefficient (Wildman–Crippen LogP) is 1.64. The monoisotopic (exact) mass is 380 g/mol. The van der Waals surface area contributed by atoms with Gasteiger partial charge in [-0.25, -0.2) is 12.8 Å². The number of fused-ring (bicyclic) bond motifs is 1. The summed E-state index contributed by atoms with van der Waals surface area (Å²) in [5.74, 6) is -0.466. The Morgan fingerprint density at radius 3 is 2.77 bits per heavy atom. The molecule has 1 aromatic carbocycles. The quantitative estimate of drug-likeness (QED) is 0.854. The molecule has 0 aliphatic carbocycles. The first-order chi connectivity index (χ1) is 12.3. The molecule has 1 fully saturated rings. The van der Waals surface area contributed by atoms with E-state index in [1.807, 2.05) is 6.92 Å². The lowest BCUT2D eigenvalue weighted by atomic mass is 10.1. The molecule has 1 aliphatic heterocycles. The number of carbonyl (C=O) groups is 1. The minimum Gasteiger partial charge on any atom is -0.339 e. The molecule has 0 bridgehead atoms. The van der Waals surface area contributed by atoms with Gasteiger partial charge in [-0.3, -0.25) is 9.59 Å². The predicted molar refractivity (Wildman–Crippen MR) is 97.3 cm³/mol. The summed E-state index contributed by atoms with van der Waals surface area (Å²) in [5.41, 5.74) is 0.520. The van der Waals surface area contributed by atoms with E-state index in [9.17, 15) is 22.4 Å². The first-order valence-corrected chi connectivity index (χ1v) is 10.4. The van der Waals surface area contributed by atoms with Gasteiger partial charge in [0.1, 0.15) is 5.82 Å². The second kappa shape index (κ2) is 7.19. The summed E-state index contributed by atoms with van der Waals surface area (Å²) in [6.45, 7) is 2.26. The topological polar surface area (TPSA) is 87.3 Å². The van der Waals surface area contributed by atoms with Gasteiger partial charge in [-0.1, -0.05) is 0 Å². The number of hydrogen-bond donors (Lipinski definition) is 1. The summed E-state index contributed by atoms with van der Waals surface area (Å²) in [6.07, 6.45) is 0.835. The normalized spacial score (nSPS) is 18.9. The van der Waals surface area contributed by atoms with Crippen molar-refractivity contribution in [1.29, 1.82) is 0 Å². The first-order valence-electron chi connectivity index (χ1n) is 8.60. The molecule has 1 atom stereocenters. The number of H-pyrrole nitrogens is 1. The fraction of sp³-hybridized carbons (Fsp3) is 0.444. The van der Waals surface area contributed by atoms with Crippen LogP contribution in [-0.4, -0.2) is 48.3 Å². The van der Waals surface area contributed by atoms with E-state index in [0.717, 1.165) is 0 Å². The zero-order valence-corrected chi connectivity index (χ0v) is 15.3. The van der Waals surface area contributed by atoms with Crippen LogP contribution >= 0.6 is 0 Å². The number of aryl methyl sites for hydroxylation is 1. The van der Waals surface area contributed by atoms with Gasteiger partial charge in [-0.15, -0.1) is 0 Å². The molecule has 2 aromatic rings. The van der Waals surface area contributed by atoms with Crippen molar-refractivity contribution in [2.45, 2.75) is 32.2 Å². The highest BCUT2D eigenvalue weighted by Gasteiger charge is 2.33. The zero-order chi connectivity index (χ0) is 18.9. The van der Waals surface area contributed by atoms with E-state index in [2.05, 4.69) is 4.98 Å². The molecule has 0 radical (unpaired) electrons. The number of sulfone groups is 1. The number of nitrogens with one attached hydrogen (secondary N) is 1. The molecule has 2 heterocycles. The molecule has 0 spiro atoms. The van der Waals surface area contributed by atoms with Crippen LogP contribution in [0.25, 0.3) is 10.9 Å². The zero-order valence-electron chi connectivity index (χ0n) is 14.5. The molecule has 140 valence electrons. The second-order valence-electron chi connectivity index (χ2n) is 6.59. The van der Waals surface area contributed by atoms with Gasteiger partial charge in [0.05, 0.1) is 17.0 Å². The highest BCUT2D eigenvalue weighted by atomic mass is 32.2. The van der Waals surface area contributed by atoms with Crippen LogP contribution in [0.3, 0.4) is 0 Å². The lowest BCUT2D eigenvalue weighted by Crippen LogP contribution is -2.41. The van der Waals surface area contributed by atoms with Gasteiger partial charge in [-0.2, -0.15) is 0 Å². The number of hydrogen-bond acceptors (Lipinski definition) is 4. The molecule has 1 amide bonds. The third-order valence-corrected chi connectivity index (χ3v) is 6.55. The number of amides is 1. The fourth-order valence-corrected chi connectivity index (χ4v) is 5.18. The lowest BCUT2D eigenvalue weighted by molar-refractivity contribution is -0.132. The van der Waals surface area contributed by atoms with Crippen LogP contribution in [0, 0.1) is 5.82 Å². The minimum absolute atomic E-state index is 0.00863. The Balaban J connectivity index is 1.72. The molecule has 1 saturated heterocycles. The largest absolute Gasteiger partial charge is 0.339 e. The summed E-state index contributed by atoms with van der Waals surface area (Å²) in [4.78, 5) is 28.9. The van der Waals surface area contributed by atoms with Gasteiger partial charge in [-0.05, 0) is 49.4 Å². The Morgan fingerprint density at radius 1 is 1.35 bits per heavy atom. The minimum atomic E-state index is -3.07. The number of carbonyl (C=O) groups excluding carboxylic acids is 1. The van der Waals surface area contributed by atoms with Gasteiger partial charge in [0, 0.05) is 24.6 Å². The van der Waals surface area contributed by atoms with Crippen LogP contribution in [0.15, 0.2) is 29.1 Å². The van der Waals surface area contributed by atoms with Crippen molar-refractivity contribution in [2.75, 3.05) is 18.1 Å². The van der Waals surface area contributed by atoms with E-state index in [4.69, 9.17) is 0 Å². The molecule has 1 unspecified atom stereocenters. The van der Waals surface area contributed by atoms with Crippen molar-refractivity contribution >= 4 is 26.6 Å². The van der Waals surface area contributed by atoms with E-state index in [1.54, 1.807) is 17.0 Å². The highest BCUT2D eigenvalue weighted by molar-refractivity contribution is 7.91. The van der Waals surface area contributed by atoms with E-state index in [1.165, 1.54) is 12.1 Å². The number of aromatic nitrogens is 1. The third kappa shape index (κ3) is 3.95. The maximum Gasteiger partial charge on any atom is 0.251 e. The summed E-state index contributed by atoms with van der Waals surface area (Å²) >= 11 is 0. The second-order valence-corrected chi connectivity index (χ2v) is 8.82. The number of rotatable bonds is 5. The average molecular weight is 380 g/mol. The van der Waals surface area contributed by atoms with Crippen LogP contribution in [0.4, 0.5) is 4.39 Å². The van der Waals surface area contributed by atoms with Crippen molar-refractivity contribution < 1.29 is 17.6 Å². The molecule has 1 aliphatic rings. The molecule has 26 heavy (non-hydrogen) atoms. The average Bonchev–Trinajstić information content (AvgIpc) is 2.93. The number of benzene rings is 1. The van der Waals surface area contributed by atoms with Crippen LogP contribution in [0.5, 0.6) is 0 Å². The van der Waals surface area contributed by atoms with Crippen molar-refractivity contribution in [2.24, 2.45) is 0 Å². The Hall–Kier alpha value is -2.22. The Kier molecular flexibility index (Phi) is 5.13. The molecular weight excluding hydrogens is 359 g/mol. The SMILES string of the molecule is CCN(C(=O)CCc1cc2ccc(F)cc2[nH]c1=O)C1CCS(=O)(=O)C1. The number of nitrogens with zero attached hydrogens (tertiary/aromatic N) is 1. The van der Waals surface area contributed by atoms with Gasteiger partial charge in [0.25, 0.3) is 5.56 Å². The van der Waals surface area contributed by atoms with Crippen molar-refractivity contribution in [3.8, 4) is 0 Å². The fourth-order valence-electron chi connectivity index (χ4n) is 3.45. The number of halogens is 1. The van der Waals surface area contributed by atoms with Crippen molar-refractivity contribution in [3.63, 3.8) is 0 Å². The summed E-state index contributed by atoms with van der Waals surface area (Å²) in [6, 6.07) is 5.53. The Bertz CT molecular complexity index is 1000. The van der Waals surface area contributed by atoms with E-state index in [0.29, 0.717) is 29.4 Å². The van der Waals surface area contributed by atoms with Crippen molar-refractivity contribution in [3.05, 3.63) is 46.0 Å². The third-order valence-electron chi connectivity index (χ3n) is 4.80. The van der Waals surface area contributed by atoms with Gasteiger partial charge >= 0.3 is 0 Å². The van der Waals surface area contributed by atoms with Gasteiger partial charge in [0.2, 0.25) is 5.91 Å². The standard InChI is InChI=1S/C18H21FN2O4S/c1-2-21(15-7-8-26(24,25)11-15)17(22)6-4-13-9-12-3-5-14(19)10-16(12)20-18(13)23/h3,5,9-10,15H,2,4,6-8,11H2,1H3,(H,20,23). The smallest absolute Gasteiger partial charge is 0.251 e. The van der Waals surface area contributed by atoms with E-state index >= 15 is 0 Å². The van der Waals surface area contributed by atoms with Gasteiger partial charge < -0.3 is 9.88 Å². The Labute approximate surface area is 150 Å². The van der Waals surface area contributed by atoms with E-state index in [-0.39, 0.29) is 41.9 Å². The maximum absolute atomic E-state index is 13.2. The van der Waals surface area contributed by atoms with Crippen LogP contribution in [0.2, 0.25) is 0 Å².